The predicted octanol–water partition coefficient (Wildman–Crippen LogP) is 16.1. The van der Waals surface area contributed by atoms with E-state index in [-0.39, 0.29) is 25.2 Å². The third-order valence-electron chi connectivity index (χ3n) is 9.93. The van der Waals surface area contributed by atoms with Crippen LogP contribution in [0.4, 0.5) is 0 Å². The second kappa shape index (κ2) is 48.4. The van der Waals surface area contributed by atoms with E-state index in [0.29, 0.717) is 19.4 Å². The Morgan fingerprint density at radius 1 is 0.397 bits per heavy atom. The SMILES string of the molecule is CC/C=C\C/C=C\C/C=C\C/C=C\C/C=C\CCOCC(COC(=O)CCCCCCCCCCC/C=C\C/C=C\CCCCC)OC(=O)CCCCCCCCC. The van der Waals surface area contributed by atoms with Crippen molar-refractivity contribution in [3.05, 3.63) is 85.1 Å². The molecule has 0 fully saturated rings. The lowest BCUT2D eigenvalue weighted by molar-refractivity contribution is -0.162. The maximum atomic E-state index is 12.6. The van der Waals surface area contributed by atoms with Gasteiger partial charge in [0.1, 0.15) is 6.61 Å². The van der Waals surface area contributed by atoms with Crippen LogP contribution in [0.25, 0.3) is 0 Å². The Balaban J connectivity index is 4.23. The van der Waals surface area contributed by atoms with E-state index in [1.165, 1.54) is 96.3 Å². The number of carbonyl (C=O) groups excluding carboxylic acids is 2. The van der Waals surface area contributed by atoms with Gasteiger partial charge in [-0.3, -0.25) is 9.59 Å². The standard InChI is InChI=1S/C53H90O5/c1-4-7-10-13-16-18-20-22-24-26-27-28-29-31-33-35-38-40-43-46-52(54)57-50-51(58-53(55)47-44-41-37-15-12-9-6-3)49-56-48-45-42-39-36-34-32-30-25-23-21-19-17-14-11-8-5-2/h8,11,16-19,22-25,32,34,39,42,51H,4-7,9-10,12-15,20-21,26-31,33,35-38,40-41,43-50H2,1-3H3/b11-8-,18-16-,19-17-,24-22-,25-23-,34-32-,42-39-. The summed E-state index contributed by atoms with van der Waals surface area (Å²) >= 11 is 0. The molecule has 0 bridgehead atoms. The number of carbonyl (C=O) groups is 2. The van der Waals surface area contributed by atoms with E-state index in [1.807, 2.05) is 0 Å². The number of unbranched alkanes of at least 4 members (excludes halogenated alkanes) is 18. The molecule has 0 radical (unpaired) electrons. The molecule has 0 saturated carbocycles. The van der Waals surface area contributed by atoms with Gasteiger partial charge in [0.2, 0.25) is 0 Å². The molecule has 0 aliphatic carbocycles. The van der Waals surface area contributed by atoms with Crippen molar-refractivity contribution in [2.75, 3.05) is 19.8 Å². The van der Waals surface area contributed by atoms with Crippen molar-refractivity contribution in [3.63, 3.8) is 0 Å². The first-order valence-corrected chi connectivity index (χ1v) is 24.1. The minimum Gasteiger partial charge on any atom is -0.462 e. The molecule has 0 N–H and O–H groups in total. The van der Waals surface area contributed by atoms with Crippen LogP contribution in [0.5, 0.6) is 0 Å². The Hall–Kier alpha value is -2.92. The molecule has 5 nitrogen and oxygen atoms in total. The van der Waals surface area contributed by atoms with Gasteiger partial charge in [0, 0.05) is 12.8 Å². The van der Waals surface area contributed by atoms with Crippen LogP contribution in [-0.2, 0) is 23.8 Å². The molecule has 0 aromatic carbocycles. The Morgan fingerprint density at radius 3 is 1.28 bits per heavy atom. The van der Waals surface area contributed by atoms with E-state index in [4.69, 9.17) is 14.2 Å². The van der Waals surface area contributed by atoms with Gasteiger partial charge in [-0.2, -0.15) is 0 Å². The van der Waals surface area contributed by atoms with E-state index in [1.54, 1.807) is 0 Å². The van der Waals surface area contributed by atoms with Crippen molar-refractivity contribution in [1.29, 1.82) is 0 Å². The maximum Gasteiger partial charge on any atom is 0.306 e. The van der Waals surface area contributed by atoms with Gasteiger partial charge in [0.25, 0.3) is 0 Å². The predicted molar refractivity (Wildman–Crippen MR) is 251 cm³/mol. The van der Waals surface area contributed by atoms with Crippen LogP contribution in [0.3, 0.4) is 0 Å². The second-order valence-electron chi connectivity index (χ2n) is 15.6. The zero-order valence-corrected chi connectivity index (χ0v) is 38.0. The fourth-order valence-corrected chi connectivity index (χ4v) is 6.37. The summed E-state index contributed by atoms with van der Waals surface area (Å²) in [5.74, 6) is -0.451. The first-order chi connectivity index (χ1) is 28.6. The summed E-state index contributed by atoms with van der Waals surface area (Å²) in [5, 5.41) is 0. The number of hydrogen-bond donors (Lipinski definition) is 0. The highest BCUT2D eigenvalue weighted by atomic mass is 16.6. The van der Waals surface area contributed by atoms with Gasteiger partial charge in [-0.25, -0.2) is 0 Å². The lowest BCUT2D eigenvalue weighted by Gasteiger charge is -2.18. The summed E-state index contributed by atoms with van der Waals surface area (Å²) in [5.41, 5.74) is 0. The van der Waals surface area contributed by atoms with Crippen molar-refractivity contribution in [2.24, 2.45) is 0 Å². The van der Waals surface area contributed by atoms with Gasteiger partial charge in [0.15, 0.2) is 6.10 Å². The van der Waals surface area contributed by atoms with Crippen molar-refractivity contribution >= 4 is 11.9 Å². The Bertz CT molecular complexity index is 1090. The molecular weight excluding hydrogens is 717 g/mol. The molecule has 0 aliphatic rings. The third kappa shape index (κ3) is 45.8. The number of rotatable bonds is 43. The average Bonchev–Trinajstić information content (AvgIpc) is 3.22. The molecule has 0 aromatic rings. The fourth-order valence-electron chi connectivity index (χ4n) is 6.37. The fraction of sp³-hybridized carbons (Fsp3) is 0.698. The van der Waals surface area contributed by atoms with Gasteiger partial charge < -0.3 is 14.2 Å². The van der Waals surface area contributed by atoms with Crippen LogP contribution in [0.1, 0.15) is 213 Å². The largest absolute Gasteiger partial charge is 0.462 e. The van der Waals surface area contributed by atoms with Gasteiger partial charge >= 0.3 is 11.9 Å². The highest BCUT2D eigenvalue weighted by Gasteiger charge is 2.17. The zero-order chi connectivity index (χ0) is 42.1. The van der Waals surface area contributed by atoms with E-state index in [0.717, 1.165) is 83.5 Å². The van der Waals surface area contributed by atoms with Crippen LogP contribution < -0.4 is 0 Å². The van der Waals surface area contributed by atoms with Crippen molar-refractivity contribution < 1.29 is 23.8 Å². The van der Waals surface area contributed by atoms with Crippen molar-refractivity contribution in [1.82, 2.24) is 0 Å². The number of ether oxygens (including phenoxy) is 3. The van der Waals surface area contributed by atoms with Gasteiger partial charge in [0.05, 0.1) is 13.2 Å². The molecular formula is C53H90O5. The van der Waals surface area contributed by atoms with Crippen LogP contribution in [0.2, 0.25) is 0 Å². The summed E-state index contributed by atoms with van der Waals surface area (Å²) in [7, 11) is 0. The maximum absolute atomic E-state index is 12.6. The summed E-state index contributed by atoms with van der Waals surface area (Å²) in [4.78, 5) is 25.2. The Morgan fingerprint density at radius 2 is 0.776 bits per heavy atom. The quantitative estimate of drug-likeness (QED) is 0.0349. The highest BCUT2D eigenvalue weighted by Crippen LogP contribution is 2.13. The first-order valence-electron chi connectivity index (χ1n) is 24.1. The molecule has 1 unspecified atom stereocenters. The molecule has 1 atom stereocenters. The van der Waals surface area contributed by atoms with E-state index < -0.39 is 6.10 Å². The molecule has 332 valence electrons. The Labute approximate surface area is 359 Å². The molecule has 0 amide bonds. The minimum atomic E-state index is -0.576. The molecule has 5 heteroatoms. The van der Waals surface area contributed by atoms with E-state index in [9.17, 15) is 9.59 Å². The molecule has 0 saturated heterocycles. The molecule has 0 spiro atoms. The van der Waals surface area contributed by atoms with Crippen LogP contribution in [-0.4, -0.2) is 37.9 Å². The number of esters is 2. The van der Waals surface area contributed by atoms with Crippen LogP contribution >= 0.6 is 0 Å². The van der Waals surface area contributed by atoms with Crippen molar-refractivity contribution in [2.45, 2.75) is 219 Å². The topological polar surface area (TPSA) is 61.8 Å². The minimum absolute atomic E-state index is 0.0508. The summed E-state index contributed by atoms with van der Waals surface area (Å²) in [6.07, 6.45) is 63.3. The molecule has 0 aromatic heterocycles. The molecule has 0 aliphatic heterocycles. The summed E-state index contributed by atoms with van der Waals surface area (Å²) in [6.45, 7) is 7.44. The average molecular weight is 807 g/mol. The second-order valence-corrected chi connectivity index (χ2v) is 15.6. The third-order valence-corrected chi connectivity index (χ3v) is 9.93. The van der Waals surface area contributed by atoms with Gasteiger partial charge in [-0.15, -0.1) is 0 Å². The summed E-state index contributed by atoms with van der Waals surface area (Å²) < 4.78 is 17.2. The normalized spacial score (nSPS) is 12.9. The van der Waals surface area contributed by atoms with Crippen molar-refractivity contribution in [3.8, 4) is 0 Å². The van der Waals surface area contributed by atoms with Crippen LogP contribution in [0.15, 0.2) is 85.1 Å². The monoisotopic (exact) mass is 807 g/mol. The van der Waals surface area contributed by atoms with E-state index >= 15 is 0 Å². The smallest absolute Gasteiger partial charge is 0.306 e. The zero-order valence-electron chi connectivity index (χ0n) is 38.0. The molecule has 0 heterocycles. The van der Waals surface area contributed by atoms with Crippen LogP contribution in [0, 0.1) is 0 Å². The lowest BCUT2D eigenvalue weighted by Crippen LogP contribution is -2.30. The molecule has 0 rings (SSSR count). The number of hydrogen-bond acceptors (Lipinski definition) is 5. The van der Waals surface area contributed by atoms with E-state index in [2.05, 4.69) is 106 Å². The molecule has 58 heavy (non-hydrogen) atoms. The first kappa shape index (κ1) is 55.1. The van der Waals surface area contributed by atoms with Gasteiger partial charge in [-0.1, -0.05) is 202 Å². The summed E-state index contributed by atoms with van der Waals surface area (Å²) in [6, 6.07) is 0. The lowest BCUT2D eigenvalue weighted by atomic mass is 10.1. The Kier molecular flexibility index (Phi) is 46.0. The number of allylic oxidation sites excluding steroid dienone is 13. The van der Waals surface area contributed by atoms with Gasteiger partial charge in [-0.05, 0) is 83.5 Å². The highest BCUT2D eigenvalue weighted by molar-refractivity contribution is 5.70.